The molecule has 4 nitrogen and oxygen atoms in total. The minimum absolute atomic E-state index is 0. The monoisotopic (exact) mass is 439 g/mol. The fourth-order valence-corrected chi connectivity index (χ4v) is 2.42. The maximum absolute atomic E-state index is 5.37. The Balaban J connectivity index is 0.00000288. The molecule has 1 aliphatic rings. The lowest BCUT2D eigenvalue weighted by Crippen LogP contribution is -2.42. The van der Waals surface area contributed by atoms with Gasteiger partial charge in [-0.2, -0.15) is 0 Å². The Hall–Kier alpha value is -1.68. The van der Waals surface area contributed by atoms with Gasteiger partial charge < -0.3 is 15.4 Å². The average molecular weight is 439 g/mol. The lowest BCUT2D eigenvalue weighted by Gasteiger charge is -2.16. The second-order valence-electron chi connectivity index (χ2n) is 5.43. The van der Waals surface area contributed by atoms with Gasteiger partial charge in [-0.05, 0) is 43.9 Å². The molecule has 1 aromatic carbocycles. The Morgan fingerprint density at radius 3 is 2.62 bits per heavy atom. The summed E-state index contributed by atoms with van der Waals surface area (Å²) in [5, 5.41) is 6.77. The molecule has 0 saturated heterocycles. The number of hydrogen-bond acceptors (Lipinski definition) is 2. The fraction of sp³-hybridized carbons (Fsp3) is 0.421. The smallest absolute Gasteiger partial charge is 0.191 e. The van der Waals surface area contributed by atoms with Crippen molar-refractivity contribution in [3.8, 4) is 18.1 Å². The van der Waals surface area contributed by atoms with Crippen molar-refractivity contribution in [3.05, 3.63) is 42.0 Å². The van der Waals surface area contributed by atoms with Crippen LogP contribution in [0.25, 0.3) is 0 Å². The summed E-state index contributed by atoms with van der Waals surface area (Å²) in [6.07, 6.45) is 12.6. The van der Waals surface area contributed by atoms with Crippen LogP contribution in [0.1, 0.15) is 25.3 Å². The predicted octanol–water partition coefficient (Wildman–Crippen LogP) is 3.13. The molecule has 0 aliphatic heterocycles. The summed E-state index contributed by atoms with van der Waals surface area (Å²) in [6, 6.07) is 8.49. The molecule has 0 unspecified atom stereocenters. The summed E-state index contributed by atoms with van der Waals surface area (Å²) in [6.45, 7) is 4.00. The number of hydrogen-bond donors (Lipinski definition) is 2. The van der Waals surface area contributed by atoms with Gasteiger partial charge in [-0.25, -0.2) is 0 Å². The molecule has 0 atom stereocenters. The summed E-state index contributed by atoms with van der Waals surface area (Å²) in [7, 11) is 0. The minimum Gasteiger partial charge on any atom is -0.481 e. The summed E-state index contributed by atoms with van der Waals surface area (Å²) < 4.78 is 5.37. The van der Waals surface area contributed by atoms with Crippen LogP contribution in [-0.4, -0.2) is 31.7 Å². The van der Waals surface area contributed by atoms with E-state index in [0.29, 0.717) is 12.6 Å². The maximum Gasteiger partial charge on any atom is 0.191 e. The highest BCUT2D eigenvalue weighted by Crippen LogP contribution is 2.12. The van der Waals surface area contributed by atoms with Crippen LogP contribution in [-0.2, 0) is 6.42 Å². The van der Waals surface area contributed by atoms with Crippen LogP contribution in [0.3, 0.4) is 0 Å². The van der Waals surface area contributed by atoms with Crippen LogP contribution < -0.4 is 15.4 Å². The zero-order chi connectivity index (χ0) is 16.3. The molecular formula is C19H26IN3O. The van der Waals surface area contributed by atoms with Gasteiger partial charge in [-0.3, -0.25) is 4.99 Å². The fourth-order valence-electron chi connectivity index (χ4n) is 2.42. The molecule has 0 fully saturated rings. The predicted molar refractivity (Wildman–Crippen MR) is 111 cm³/mol. The van der Waals surface area contributed by atoms with Gasteiger partial charge in [-0.1, -0.05) is 30.2 Å². The van der Waals surface area contributed by atoms with Gasteiger partial charge in [0.25, 0.3) is 0 Å². The SMILES string of the molecule is C#CCOc1ccc(CCN=C(NCC)NC2CC=CC2)cc1.I. The number of rotatable bonds is 7. The number of nitrogens with one attached hydrogen (secondary N) is 2. The van der Waals surface area contributed by atoms with Crippen LogP contribution in [0.4, 0.5) is 0 Å². The molecule has 130 valence electrons. The number of halogens is 1. The Morgan fingerprint density at radius 1 is 1.29 bits per heavy atom. The second-order valence-corrected chi connectivity index (χ2v) is 5.43. The number of ether oxygens (including phenoxy) is 1. The maximum atomic E-state index is 5.37. The van der Waals surface area contributed by atoms with Gasteiger partial charge >= 0.3 is 0 Å². The Bertz CT molecular complexity index is 567. The molecule has 0 aromatic heterocycles. The Labute approximate surface area is 162 Å². The molecule has 0 amide bonds. The van der Waals surface area contributed by atoms with E-state index in [9.17, 15) is 0 Å². The van der Waals surface area contributed by atoms with E-state index in [1.54, 1.807) is 0 Å². The van der Waals surface area contributed by atoms with Crippen LogP contribution in [0.2, 0.25) is 0 Å². The van der Waals surface area contributed by atoms with Gasteiger partial charge in [0.05, 0.1) is 0 Å². The highest BCUT2D eigenvalue weighted by molar-refractivity contribution is 14.0. The first-order valence-corrected chi connectivity index (χ1v) is 8.17. The molecule has 2 N–H and O–H groups in total. The molecule has 0 heterocycles. The standard InChI is InChI=1S/C19H25N3O.HI/c1-3-15-23-18-11-9-16(10-12-18)13-14-21-19(20-4-2)22-17-7-5-6-8-17;/h1,5-6,9-12,17H,4,7-8,13-15H2,2H3,(H2,20,21,22);1H. The van der Waals surface area contributed by atoms with Gasteiger partial charge in [0.1, 0.15) is 12.4 Å². The minimum atomic E-state index is 0. The van der Waals surface area contributed by atoms with E-state index in [2.05, 4.69) is 52.8 Å². The Kier molecular flexibility index (Phi) is 10.0. The van der Waals surface area contributed by atoms with E-state index in [-0.39, 0.29) is 24.0 Å². The van der Waals surface area contributed by atoms with Crippen LogP contribution in [0.15, 0.2) is 41.4 Å². The van der Waals surface area contributed by atoms with Gasteiger partial charge in [0.15, 0.2) is 5.96 Å². The quantitative estimate of drug-likeness (QED) is 0.226. The first kappa shape index (κ1) is 20.4. The highest BCUT2D eigenvalue weighted by Gasteiger charge is 2.11. The van der Waals surface area contributed by atoms with Gasteiger partial charge in [0, 0.05) is 19.1 Å². The molecule has 0 saturated carbocycles. The molecule has 1 aliphatic carbocycles. The third-order valence-electron chi connectivity index (χ3n) is 3.61. The zero-order valence-electron chi connectivity index (χ0n) is 14.1. The molecule has 0 radical (unpaired) electrons. The summed E-state index contributed by atoms with van der Waals surface area (Å²) >= 11 is 0. The third kappa shape index (κ3) is 7.26. The molecule has 2 rings (SSSR count). The summed E-state index contributed by atoms with van der Waals surface area (Å²) in [4.78, 5) is 4.65. The lowest BCUT2D eigenvalue weighted by molar-refractivity contribution is 0.370. The van der Waals surface area contributed by atoms with E-state index < -0.39 is 0 Å². The molecule has 1 aromatic rings. The molecule has 5 heteroatoms. The van der Waals surface area contributed by atoms with Crippen molar-refractivity contribution in [2.45, 2.75) is 32.2 Å². The van der Waals surface area contributed by atoms with Crippen molar-refractivity contribution in [1.29, 1.82) is 0 Å². The zero-order valence-corrected chi connectivity index (χ0v) is 16.5. The van der Waals surface area contributed by atoms with Crippen molar-refractivity contribution in [2.24, 2.45) is 4.99 Å². The van der Waals surface area contributed by atoms with E-state index in [1.165, 1.54) is 5.56 Å². The van der Waals surface area contributed by atoms with Crippen molar-refractivity contribution in [2.75, 3.05) is 19.7 Å². The number of guanidine groups is 1. The molecule has 0 bridgehead atoms. The summed E-state index contributed by atoms with van der Waals surface area (Å²) in [5.41, 5.74) is 1.24. The number of benzene rings is 1. The van der Waals surface area contributed by atoms with E-state index in [4.69, 9.17) is 11.2 Å². The van der Waals surface area contributed by atoms with E-state index >= 15 is 0 Å². The first-order chi connectivity index (χ1) is 11.3. The van der Waals surface area contributed by atoms with E-state index in [1.807, 2.05) is 12.1 Å². The normalized spacial score (nSPS) is 13.9. The largest absolute Gasteiger partial charge is 0.481 e. The number of aliphatic imine (C=N–C) groups is 1. The molecule has 0 spiro atoms. The van der Waals surface area contributed by atoms with Crippen LogP contribution in [0.5, 0.6) is 5.75 Å². The highest BCUT2D eigenvalue weighted by atomic mass is 127. The number of nitrogens with zero attached hydrogens (tertiary/aromatic N) is 1. The van der Waals surface area contributed by atoms with Gasteiger partial charge in [0.2, 0.25) is 0 Å². The van der Waals surface area contributed by atoms with Crippen molar-refractivity contribution < 1.29 is 4.74 Å². The van der Waals surface area contributed by atoms with Crippen molar-refractivity contribution >= 4 is 29.9 Å². The van der Waals surface area contributed by atoms with Crippen molar-refractivity contribution in [1.82, 2.24) is 10.6 Å². The Morgan fingerprint density at radius 2 is 2.00 bits per heavy atom. The average Bonchev–Trinajstić information content (AvgIpc) is 3.07. The van der Waals surface area contributed by atoms with Crippen molar-refractivity contribution in [3.63, 3.8) is 0 Å². The third-order valence-corrected chi connectivity index (χ3v) is 3.61. The molecular weight excluding hydrogens is 413 g/mol. The number of terminal acetylenes is 1. The first-order valence-electron chi connectivity index (χ1n) is 8.17. The second kappa shape index (κ2) is 11.8. The van der Waals surface area contributed by atoms with Gasteiger partial charge in [-0.15, -0.1) is 30.4 Å². The molecule has 24 heavy (non-hydrogen) atoms. The summed E-state index contributed by atoms with van der Waals surface area (Å²) in [5.74, 6) is 4.16. The topological polar surface area (TPSA) is 45.6 Å². The lowest BCUT2D eigenvalue weighted by atomic mass is 10.1. The van der Waals surface area contributed by atoms with Crippen LogP contribution in [0, 0.1) is 12.3 Å². The van der Waals surface area contributed by atoms with E-state index in [0.717, 1.165) is 44.1 Å². The van der Waals surface area contributed by atoms with Crippen LogP contribution >= 0.6 is 24.0 Å².